The average molecular weight is 354 g/mol. The van der Waals surface area contributed by atoms with Crippen molar-refractivity contribution < 1.29 is 19.1 Å². The predicted octanol–water partition coefficient (Wildman–Crippen LogP) is 5.11. The van der Waals surface area contributed by atoms with Crippen LogP contribution in [0.1, 0.15) is 59.7 Å². The summed E-state index contributed by atoms with van der Waals surface area (Å²) in [6, 6.07) is 14.3. The first-order valence-corrected chi connectivity index (χ1v) is 9.15. The van der Waals surface area contributed by atoms with Crippen molar-refractivity contribution in [3.05, 3.63) is 59.7 Å². The molecule has 0 aliphatic heterocycles. The van der Waals surface area contributed by atoms with Crippen LogP contribution in [-0.4, -0.2) is 25.3 Å². The first-order valence-electron chi connectivity index (χ1n) is 9.15. The van der Waals surface area contributed by atoms with Crippen LogP contribution in [-0.2, 0) is 0 Å². The number of hydrogen-bond acceptors (Lipinski definition) is 4. The Morgan fingerprint density at radius 1 is 0.808 bits per heavy atom. The molecule has 0 aromatic heterocycles. The zero-order valence-electron chi connectivity index (χ0n) is 15.2. The summed E-state index contributed by atoms with van der Waals surface area (Å²) in [6.45, 7) is 2.73. The molecular formula is C22H26O4. The highest BCUT2D eigenvalue weighted by Crippen LogP contribution is 2.19. The fraction of sp³-hybridized carbons (Fsp3) is 0.364. The number of benzene rings is 2. The highest BCUT2D eigenvalue weighted by atomic mass is 16.5. The van der Waals surface area contributed by atoms with Crippen molar-refractivity contribution in [1.29, 1.82) is 0 Å². The van der Waals surface area contributed by atoms with Gasteiger partial charge in [-0.15, -0.1) is 0 Å². The van der Waals surface area contributed by atoms with E-state index in [-0.39, 0.29) is 6.10 Å². The third kappa shape index (κ3) is 6.71. The Balaban J connectivity index is 1.87. The van der Waals surface area contributed by atoms with Gasteiger partial charge in [0.05, 0.1) is 6.61 Å². The Morgan fingerprint density at radius 3 is 1.92 bits per heavy atom. The maximum atomic E-state index is 10.8. The monoisotopic (exact) mass is 354 g/mol. The van der Waals surface area contributed by atoms with Crippen molar-refractivity contribution in [1.82, 2.24) is 0 Å². The first-order chi connectivity index (χ1) is 12.7. The molecule has 1 unspecified atom stereocenters. The minimum absolute atomic E-state index is 0.0675. The summed E-state index contributed by atoms with van der Waals surface area (Å²) in [5, 5.41) is 0. The Morgan fingerprint density at radius 2 is 1.38 bits per heavy atom. The summed E-state index contributed by atoms with van der Waals surface area (Å²) in [6.07, 6.45) is 6.91. The van der Waals surface area contributed by atoms with Gasteiger partial charge in [0, 0.05) is 17.5 Å². The number of aldehydes is 2. The van der Waals surface area contributed by atoms with Gasteiger partial charge in [0.25, 0.3) is 0 Å². The Bertz CT molecular complexity index is 662. The lowest BCUT2D eigenvalue weighted by Crippen LogP contribution is -2.20. The molecule has 0 saturated heterocycles. The van der Waals surface area contributed by atoms with Gasteiger partial charge < -0.3 is 9.47 Å². The summed E-state index contributed by atoms with van der Waals surface area (Å²) in [4.78, 5) is 21.4. The van der Waals surface area contributed by atoms with Crippen molar-refractivity contribution in [3.63, 3.8) is 0 Å². The first kappa shape index (κ1) is 19.7. The van der Waals surface area contributed by atoms with Crippen molar-refractivity contribution in [3.8, 4) is 11.5 Å². The highest BCUT2D eigenvalue weighted by Gasteiger charge is 2.11. The Labute approximate surface area is 155 Å². The second-order valence-corrected chi connectivity index (χ2v) is 6.25. The normalized spacial score (nSPS) is 11.6. The van der Waals surface area contributed by atoms with Crippen molar-refractivity contribution in [2.24, 2.45) is 0 Å². The highest BCUT2D eigenvalue weighted by molar-refractivity contribution is 5.75. The lowest BCUT2D eigenvalue weighted by molar-refractivity contribution is 0.111. The minimum atomic E-state index is 0.0675. The summed E-state index contributed by atoms with van der Waals surface area (Å²) in [7, 11) is 0. The van der Waals surface area contributed by atoms with Crippen LogP contribution in [0.2, 0.25) is 0 Å². The van der Waals surface area contributed by atoms with Crippen LogP contribution in [0, 0.1) is 0 Å². The van der Waals surface area contributed by atoms with Crippen LogP contribution in [0.3, 0.4) is 0 Å². The largest absolute Gasteiger partial charge is 0.493 e. The van der Waals surface area contributed by atoms with Gasteiger partial charge in [-0.05, 0) is 61.4 Å². The van der Waals surface area contributed by atoms with Crippen LogP contribution in [0.5, 0.6) is 11.5 Å². The van der Waals surface area contributed by atoms with E-state index in [0.717, 1.165) is 43.3 Å². The maximum Gasteiger partial charge on any atom is 0.150 e. The minimum Gasteiger partial charge on any atom is -0.493 e. The third-order valence-corrected chi connectivity index (χ3v) is 4.17. The number of carbonyl (C=O) groups excluding carboxylic acids is 2. The standard InChI is InChI=1S/C22H26O4/c1-2-3-4-5-21(26-22-12-8-19(17-24)9-13-22)14-15-25-20-10-6-18(16-23)7-11-20/h6-13,16-17,21H,2-5,14-15H2,1H3. The molecule has 138 valence electrons. The summed E-state index contributed by atoms with van der Waals surface area (Å²) < 4.78 is 11.9. The molecule has 4 heteroatoms. The van der Waals surface area contributed by atoms with E-state index in [1.807, 2.05) is 12.1 Å². The molecule has 0 saturated carbocycles. The van der Waals surface area contributed by atoms with Gasteiger partial charge in [-0.2, -0.15) is 0 Å². The van der Waals surface area contributed by atoms with Gasteiger partial charge in [-0.25, -0.2) is 0 Å². The van der Waals surface area contributed by atoms with Crippen molar-refractivity contribution in [2.45, 2.75) is 45.1 Å². The van der Waals surface area contributed by atoms with E-state index in [9.17, 15) is 9.59 Å². The van der Waals surface area contributed by atoms with Crippen molar-refractivity contribution in [2.75, 3.05) is 6.61 Å². The summed E-state index contributed by atoms with van der Waals surface area (Å²) in [5.74, 6) is 1.52. The molecule has 2 aromatic carbocycles. The fourth-order valence-corrected chi connectivity index (χ4v) is 2.65. The molecule has 0 aliphatic carbocycles. The molecule has 0 heterocycles. The van der Waals surface area contributed by atoms with Crippen LogP contribution in [0.15, 0.2) is 48.5 Å². The quantitative estimate of drug-likeness (QED) is 0.393. The van der Waals surface area contributed by atoms with E-state index in [0.29, 0.717) is 17.7 Å². The molecule has 1 atom stereocenters. The Kier molecular flexibility index (Phi) is 8.40. The van der Waals surface area contributed by atoms with Gasteiger partial charge in [-0.3, -0.25) is 9.59 Å². The maximum absolute atomic E-state index is 10.8. The predicted molar refractivity (Wildman–Crippen MR) is 102 cm³/mol. The lowest BCUT2D eigenvalue weighted by Gasteiger charge is -2.19. The van der Waals surface area contributed by atoms with Crippen LogP contribution in [0.4, 0.5) is 0 Å². The molecule has 0 bridgehead atoms. The molecule has 4 nitrogen and oxygen atoms in total. The Hall–Kier alpha value is -2.62. The third-order valence-electron chi connectivity index (χ3n) is 4.17. The number of carbonyl (C=O) groups is 2. The van der Waals surface area contributed by atoms with Gasteiger partial charge in [0.15, 0.2) is 0 Å². The molecule has 0 amide bonds. The van der Waals surface area contributed by atoms with Gasteiger partial charge in [-0.1, -0.05) is 19.8 Å². The molecule has 2 aromatic rings. The van der Waals surface area contributed by atoms with Crippen LogP contribution < -0.4 is 9.47 Å². The molecule has 0 spiro atoms. The van der Waals surface area contributed by atoms with Gasteiger partial charge >= 0.3 is 0 Å². The molecule has 0 fully saturated rings. The van der Waals surface area contributed by atoms with E-state index in [1.54, 1.807) is 36.4 Å². The molecule has 26 heavy (non-hydrogen) atoms. The van der Waals surface area contributed by atoms with Crippen LogP contribution in [0.25, 0.3) is 0 Å². The average Bonchev–Trinajstić information content (AvgIpc) is 2.69. The fourth-order valence-electron chi connectivity index (χ4n) is 2.65. The smallest absolute Gasteiger partial charge is 0.150 e. The zero-order valence-corrected chi connectivity index (χ0v) is 15.2. The second-order valence-electron chi connectivity index (χ2n) is 6.25. The van der Waals surface area contributed by atoms with E-state index in [4.69, 9.17) is 9.47 Å². The molecule has 0 aliphatic rings. The number of ether oxygens (including phenoxy) is 2. The van der Waals surface area contributed by atoms with Crippen molar-refractivity contribution >= 4 is 12.6 Å². The second kappa shape index (κ2) is 11.1. The van der Waals surface area contributed by atoms with E-state index >= 15 is 0 Å². The SMILES string of the molecule is CCCCCC(CCOc1ccc(C=O)cc1)Oc1ccc(C=O)cc1. The van der Waals surface area contributed by atoms with E-state index < -0.39 is 0 Å². The summed E-state index contributed by atoms with van der Waals surface area (Å²) in [5.41, 5.74) is 1.28. The van der Waals surface area contributed by atoms with E-state index in [2.05, 4.69) is 6.92 Å². The number of hydrogen-bond donors (Lipinski definition) is 0. The molecular weight excluding hydrogens is 328 g/mol. The summed E-state index contributed by atoms with van der Waals surface area (Å²) >= 11 is 0. The van der Waals surface area contributed by atoms with Gasteiger partial charge in [0.2, 0.25) is 0 Å². The topological polar surface area (TPSA) is 52.6 Å². The lowest BCUT2D eigenvalue weighted by atomic mass is 10.1. The van der Waals surface area contributed by atoms with Crippen LogP contribution >= 0.6 is 0 Å². The van der Waals surface area contributed by atoms with E-state index in [1.165, 1.54) is 12.8 Å². The van der Waals surface area contributed by atoms with Gasteiger partial charge in [0.1, 0.15) is 30.2 Å². The molecule has 0 N–H and O–H groups in total. The number of rotatable bonds is 12. The number of unbranched alkanes of at least 4 members (excludes halogenated alkanes) is 2. The zero-order chi connectivity index (χ0) is 18.6. The molecule has 0 radical (unpaired) electrons. The molecule has 2 rings (SSSR count).